The lowest BCUT2D eigenvalue weighted by Crippen LogP contribution is -1.79. The van der Waals surface area contributed by atoms with Crippen molar-refractivity contribution in [1.82, 2.24) is 0 Å². The van der Waals surface area contributed by atoms with Gasteiger partial charge in [0.05, 0.1) is 9.21 Å². The van der Waals surface area contributed by atoms with Gasteiger partial charge in [-0.2, -0.15) is 0 Å². The van der Waals surface area contributed by atoms with Crippen molar-refractivity contribution >= 4 is 40.8 Å². The maximum Gasteiger partial charge on any atom is 0.160 e. The maximum absolute atomic E-state index is 10.8. The Bertz CT molecular complexity index is 488. The first-order valence-electron chi connectivity index (χ1n) is 4.21. The molecule has 0 fully saturated rings. The van der Waals surface area contributed by atoms with Crippen molar-refractivity contribution < 1.29 is 4.79 Å². The zero-order chi connectivity index (χ0) is 10.8. The van der Waals surface area contributed by atoms with Gasteiger partial charge in [-0.25, -0.2) is 0 Å². The van der Waals surface area contributed by atoms with Crippen LogP contribution in [0, 0.1) is 0 Å². The third-order valence-corrected chi connectivity index (χ3v) is 3.43. The summed E-state index contributed by atoms with van der Waals surface area (Å²) < 4.78 is 0.613. The molecular weight excluding hydrogens is 251 g/mol. The van der Waals surface area contributed by atoms with Crippen LogP contribution in [-0.4, -0.2) is 6.29 Å². The van der Waals surface area contributed by atoms with Gasteiger partial charge in [0.1, 0.15) is 0 Å². The molecule has 2 aromatic rings. The smallest absolute Gasteiger partial charge is 0.160 e. The summed E-state index contributed by atoms with van der Waals surface area (Å²) in [6.45, 7) is 0. The minimum atomic E-state index is 0.613. The van der Waals surface area contributed by atoms with Crippen molar-refractivity contribution in [2.24, 2.45) is 0 Å². The fourth-order valence-electron chi connectivity index (χ4n) is 1.32. The zero-order valence-corrected chi connectivity index (χ0v) is 9.86. The molecule has 1 nitrogen and oxygen atoms in total. The molecule has 0 aliphatic heterocycles. The maximum atomic E-state index is 10.8. The van der Waals surface area contributed by atoms with Crippen molar-refractivity contribution in [3.05, 3.63) is 44.6 Å². The predicted octanol–water partition coefficient (Wildman–Crippen LogP) is 4.53. The van der Waals surface area contributed by atoms with Gasteiger partial charge < -0.3 is 0 Å². The summed E-state index contributed by atoms with van der Waals surface area (Å²) in [5, 5.41) is 0.674. The van der Waals surface area contributed by atoms with E-state index in [0.717, 1.165) is 17.4 Å². The van der Waals surface area contributed by atoms with Gasteiger partial charge in [0.15, 0.2) is 6.29 Å². The lowest BCUT2D eigenvalue weighted by Gasteiger charge is -1.98. The van der Waals surface area contributed by atoms with Crippen LogP contribution in [0.5, 0.6) is 0 Å². The van der Waals surface area contributed by atoms with Crippen LogP contribution in [0.15, 0.2) is 30.3 Å². The normalized spacial score (nSPS) is 10.3. The third kappa shape index (κ3) is 2.23. The van der Waals surface area contributed by atoms with Gasteiger partial charge in [0, 0.05) is 10.6 Å². The van der Waals surface area contributed by atoms with Crippen LogP contribution in [0.4, 0.5) is 0 Å². The first kappa shape index (κ1) is 10.7. The van der Waals surface area contributed by atoms with E-state index in [-0.39, 0.29) is 0 Å². The van der Waals surface area contributed by atoms with Crippen LogP contribution in [0.2, 0.25) is 9.36 Å². The summed E-state index contributed by atoms with van der Waals surface area (Å²) in [4.78, 5) is 11.4. The fourth-order valence-corrected chi connectivity index (χ4v) is 2.52. The van der Waals surface area contributed by atoms with Gasteiger partial charge >= 0.3 is 0 Å². The monoisotopic (exact) mass is 256 g/mol. The van der Waals surface area contributed by atoms with E-state index in [1.54, 1.807) is 18.2 Å². The van der Waals surface area contributed by atoms with E-state index in [2.05, 4.69) is 0 Å². The third-order valence-electron chi connectivity index (χ3n) is 1.99. The zero-order valence-electron chi connectivity index (χ0n) is 7.54. The number of hydrogen-bond acceptors (Lipinski definition) is 2. The molecule has 0 atom stereocenters. The highest BCUT2D eigenvalue weighted by Crippen LogP contribution is 2.33. The Balaban J connectivity index is 2.52. The Hall–Kier alpha value is -0.830. The second-order valence-electron chi connectivity index (χ2n) is 2.95. The van der Waals surface area contributed by atoms with Crippen LogP contribution in [0.25, 0.3) is 11.1 Å². The van der Waals surface area contributed by atoms with Crippen molar-refractivity contribution in [3.63, 3.8) is 0 Å². The number of hydrogen-bond donors (Lipinski definition) is 0. The van der Waals surface area contributed by atoms with Crippen LogP contribution in [0.1, 0.15) is 9.67 Å². The molecule has 1 heterocycles. The topological polar surface area (TPSA) is 17.1 Å². The molecule has 15 heavy (non-hydrogen) atoms. The first-order chi connectivity index (χ1) is 7.20. The van der Waals surface area contributed by atoms with Crippen LogP contribution >= 0.6 is 34.5 Å². The molecule has 0 aliphatic carbocycles. The van der Waals surface area contributed by atoms with E-state index in [4.69, 9.17) is 23.2 Å². The molecule has 0 aliphatic rings. The van der Waals surface area contributed by atoms with Crippen LogP contribution in [-0.2, 0) is 0 Å². The Morgan fingerprint density at radius 3 is 2.40 bits per heavy atom. The number of halogens is 2. The SMILES string of the molecule is O=Cc1sc(Cl)cc1-c1ccc(Cl)cc1. The second-order valence-corrected chi connectivity index (χ2v) is 5.10. The minimum absolute atomic E-state index is 0.613. The van der Waals surface area contributed by atoms with Gasteiger partial charge in [-0.1, -0.05) is 35.3 Å². The molecule has 0 saturated carbocycles. The Kier molecular flexibility index (Phi) is 3.10. The standard InChI is InChI=1S/C11H6Cl2OS/c12-8-3-1-7(2-4-8)9-5-11(13)15-10(9)6-14/h1-6H. The summed E-state index contributed by atoms with van der Waals surface area (Å²) in [6, 6.07) is 9.11. The second kappa shape index (κ2) is 4.35. The van der Waals surface area contributed by atoms with E-state index in [1.807, 2.05) is 12.1 Å². The highest BCUT2D eigenvalue weighted by molar-refractivity contribution is 7.18. The summed E-state index contributed by atoms with van der Waals surface area (Å²) in [5.74, 6) is 0. The average molecular weight is 257 g/mol. The minimum Gasteiger partial charge on any atom is -0.297 e. The molecule has 0 bridgehead atoms. The number of carbonyl (C=O) groups excluding carboxylic acids is 1. The molecular formula is C11H6Cl2OS. The van der Waals surface area contributed by atoms with E-state index in [9.17, 15) is 4.79 Å². The number of thiophene rings is 1. The molecule has 0 saturated heterocycles. The Morgan fingerprint density at radius 2 is 1.80 bits per heavy atom. The van der Waals surface area contributed by atoms with E-state index < -0.39 is 0 Å². The van der Waals surface area contributed by atoms with Crippen molar-refractivity contribution in [2.45, 2.75) is 0 Å². The predicted molar refractivity (Wildman–Crippen MR) is 65.2 cm³/mol. The lowest BCUT2D eigenvalue weighted by molar-refractivity contribution is 0.112. The van der Waals surface area contributed by atoms with Gasteiger partial charge in [0.2, 0.25) is 0 Å². The van der Waals surface area contributed by atoms with Gasteiger partial charge in [0.25, 0.3) is 0 Å². The summed E-state index contributed by atoms with van der Waals surface area (Å²) >= 11 is 12.9. The van der Waals surface area contributed by atoms with E-state index in [1.165, 1.54) is 11.3 Å². The molecule has 0 N–H and O–H groups in total. The first-order valence-corrected chi connectivity index (χ1v) is 5.78. The molecule has 0 amide bonds. The number of benzene rings is 1. The van der Waals surface area contributed by atoms with E-state index >= 15 is 0 Å². The molecule has 2 rings (SSSR count). The Labute approximate surface area is 101 Å². The molecule has 1 aromatic heterocycles. The van der Waals surface area contributed by atoms with Crippen molar-refractivity contribution in [3.8, 4) is 11.1 Å². The molecule has 1 aromatic carbocycles. The largest absolute Gasteiger partial charge is 0.297 e. The summed E-state index contributed by atoms with van der Waals surface area (Å²) in [6.07, 6.45) is 0.820. The number of carbonyl (C=O) groups is 1. The Morgan fingerprint density at radius 1 is 1.13 bits per heavy atom. The van der Waals surface area contributed by atoms with Gasteiger partial charge in [-0.15, -0.1) is 11.3 Å². The highest BCUT2D eigenvalue weighted by atomic mass is 35.5. The summed E-state index contributed by atoms with van der Waals surface area (Å²) in [7, 11) is 0. The van der Waals surface area contributed by atoms with Crippen molar-refractivity contribution in [2.75, 3.05) is 0 Å². The van der Waals surface area contributed by atoms with Crippen LogP contribution < -0.4 is 0 Å². The van der Waals surface area contributed by atoms with E-state index in [0.29, 0.717) is 14.2 Å². The molecule has 0 spiro atoms. The lowest BCUT2D eigenvalue weighted by atomic mass is 10.1. The molecule has 0 radical (unpaired) electrons. The molecule has 0 unspecified atom stereocenters. The van der Waals surface area contributed by atoms with Gasteiger partial charge in [-0.3, -0.25) is 4.79 Å². The number of rotatable bonds is 2. The molecule has 4 heteroatoms. The van der Waals surface area contributed by atoms with Gasteiger partial charge in [-0.05, 0) is 23.8 Å². The fraction of sp³-hybridized carbons (Fsp3) is 0. The molecule has 76 valence electrons. The number of aldehydes is 1. The van der Waals surface area contributed by atoms with Crippen molar-refractivity contribution in [1.29, 1.82) is 0 Å². The quantitative estimate of drug-likeness (QED) is 0.722. The van der Waals surface area contributed by atoms with Crippen LogP contribution in [0.3, 0.4) is 0 Å². The highest BCUT2D eigenvalue weighted by Gasteiger charge is 2.08. The summed E-state index contributed by atoms with van der Waals surface area (Å²) in [5.41, 5.74) is 1.81. The average Bonchev–Trinajstić information content (AvgIpc) is 2.61.